The van der Waals surface area contributed by atoms with Crippen molar-refractivity contribution >= 4 is 22.9 Å². The van der Waals surface area contributed by atoms with E-state index in [0.717, 1.165) is 18.7 Å². The lowest BCUT2D eigenvalue weighted by Gasteiger charge is -2.36. The zero-order valence-corrected chi connectivity index (χ0v) is 11.0. The second-order valence-corrected chi connectivity index (χ2v) is 5.01. The number of hydrogen-bond acceptors (Lipinski definition) is 3. The molecule has 2 unspecified atom stereocenters. The highest BCUT2D eigenvalue weighted by molar-refractivity contribution is 7.80. The molecule has 0 radical (unpaired) electrons. The topological polar surface area (TPSA) is 38.5 Å². The fraction of sp³-hybridized carbons (Fsp3) is 0.462. The van der Waals surface area contributed by atoms with E-state index in [2.05, 4.69) is 30.9 Å². The summed E-state index contributed by atoms with van der Waals surface area (Å²) in [6, 6.07) is 8.09. The van der Waals surface area contributed by atoms with Crippen LogP contribution in [0.1, 0.15) is 19.4 Å². The van der Waals surface area contributed by atoms with E-state index in [1.807, 2.05) is 12.1 Å². The van der Waals surface area contributed by atoms with Crippen LogP contribution in [0.3, 0.4) is 0 Å². The molecule has 1 aliphatic rings. The highest BCUT2D eigenvalue weighted by Crippen LogP contribution is 2.20. The van der Waals surface area contributed by atoms with E-state index in [9.17, 15) is 0 Å². The van der Waals surface area contributed by atoms with Gasteiger partial charge in [0.1, 0.15) is 4.99 Å². The van der Waals surface area contributed by atoms with Gasteiger partial charge in [-0.2, -0.15) is 0 Å². The Morgan fingerprint density at radius 2 is 1.76 bits per heavy atom. The normalized spacial score (nSPS) is 24.7. The van der Waals surface area contributed by atoms with Gasteiger partial charge in [0.2, 0.25) is 0 Å². The Morgan fingerprint density at radius 1 is 1.24 bits per heavy atom. The van der Waals surface area contributed by atoms with Crippen LogP contribution < -0.4 is 10.6 Å². The number of morpholine rings is 1. The van der Waals surface area contributed by atoms with Crippen molar-refractivity contribution in [1.82, 2.24) is 0 Å². The van der Waals surface area contributed by atoms with E-state index in [1.54, 1.807) is 0 Å². The fourth-order valence-corrected chi connectivity index (χ4v) is 2.36. The van der Waals surface area contributed by atoms with Crippen LogP contribution in [0.2, 0.25) is 0 Å². The van der Waals surface area contributed by atoms with E-state index in [4.69, 9.17) is 22.7 Å². The van der Waals surface area contributed by atoms with Gasteiger partial charge in [-0.05, 0) is 38.1 Å². The van der Waals surface area contributed by atoms with Gasteiger partial charge < -0.3 is 15.4 Å². The van der Waals surface area contributed by atoms with Gasteiger partial charge >= 0.3 is 0 Å². The lowest BCUT2D eigenvalue weighted by Crippen LogP contribution is -2.45. The minimum atomic E-state index is 0.272. The molecule has 1 aromatic carbocycles. The summed E-state index contributed by atoms with van der Waals surface area (Å²) in [4.78, 5) is 2.78. The highest BCUT2D eigenvalue weighted by Gasteiger charge is 2.22. The molecule has 0 amide bonds. The molecule has 2 atom stereocenters. The first kappa shape index (κ1) is 12.3. The van der Waals surface area contributed by atoms with Crippen LogP contribution in [0.4, 0.5) is 5.69 Å². The van der Waals surface area contributed by atoms with Gasteiger partial charge in [0.25, 0.3) is 0 Å². The molecule has 0 aromatic heterocycles. The van der Waals surface area contributed by atoms with Gasteiger partial charge in [0.05, 0.1) is 12.2 Å². The van der Waals surface area contributed by atoms with Crippen LogP contribution in [0, 0.1) is 0 Å². The van der Waals surface area contributed by atoms with Gasteiger partial charge in [-0.1, -0.05) is 12.2 Å². The van der Waals surface area contributed by atoms with Crippen LogP contribution in [0.25, 0.3) is 0 Å². The molecular formula is C13H18N2OS. The summed E-state index contributed by atoms with van der Waals surface area (Å²) in [6.45, 7) is 6.06. The molecule has 17 heavy (non-hydrogen) atoms. The first-order chi connectivity index (χ1) is 8.06. The predicted octanol–water partition coefficient (Wildman–Crippen LogP) is 1.93. The van der Waals surface area contributed by atoms with Gasteiger partial charge in [-0.25, -0.2) is 0 Å². The quantitative estimate of drug-likeness (QED) is 0.814. The number of hydrogen-bond donors (Lipinski definition) is 1. The van der Waals surface area contributed by atoms with Crippen molar-refractivity contribution < 1.29 is 4.74 Å². The molecule has 0 aliphatic carbocycles. The molecule has 2 N–H and O–H groups in total. The Bertz CT molecular complexity index is 394. The van der Waals surface area contributed by atoms with E-state index in [1.165, 1.54) is 5.69 Å². The molecule has 92 valence electrons. The fourth-order valence-electron chi connectivity index (χ4n) is 2.23. The van der Waals surface area contributed by atoms with Crippen LogP contribution >= 0.6 is 12.2 Å². The molecular weight excluding hydrogens is 232 g/mol. The number of ether oxygens (including phenoxy) is 1. The molecule has 1 heterocycles. The maximum atomic E-state index is 5.72. The second kappa shape index (κ2) is 5.02. The molecule has 1 aromatic rings. The molecule has 4 heteroatoms. The third kappa shape index (κ3) is 2.96. The lowest BCUT2D eigenvalue weighted by molar-refractivity contribution is -0.00521. The summed E-state index contributed by atoms with van der Waals surface area (Å²) in [7, 11) is 0. The third-order valence-electron chi connectivity index (χ3n) is 2.94. The van der Waals surface area contributed by atoms with Crippen molar-refractivity contribution in [2.45, 2.75) is 26.1 Å². The molecule has 0 saturated carbocycles. The molecule has 0 bridgehead atoms. The van der Waals surface area contributed by atoms with Crippen LogP contribution in [0.15, 0.2) is 24.3 Å². The van der Waals surface area contributed by atoms with Crippen LogP contribution in [0.5, 0.6) is 0 Å². The monoisotopic (exact) mass is 250 g/mol. The zero-order chi connectivity index (χ0) is 12.4. The minimum Gasteiger partial charge on any atom is -0.389 e. The van der Waals surface area contributed by atoms with Crippen LogP contribution in [-0.2, 0) is 4.74 Å². The SMILES string of the molecule is CC1CN(c2ccc(C(N)=S)cc2)CC(C)O1. The Morgan fingerprint density at radius 3 is 2.24 bits per heavy atom. The standard InChI is InChI=1S/C13H18N2OS/c1-9-7-15(8-10(2)16-9)12-5-3-11(4-6-12)13(14)17/h3-6,9-10H,7-8H2,1-2H3,(H2,14,17). The Hall–Kier alpha value is -1.13. The average molecular weight is 250 g/mol. The van der Waals surface area contributed by atoms with Gasteiger partial charge in [0, 0.05) is 24.3 Å². The molecule has 3 nitrogen and oxygen atoms in total. The zero-order valence-electron chi connectivity index (χ0n) is 10.2. The molecule has 1 fully saturated rings. The van der Waals surface area contributed by atoms with Crippen molar-refractivity contribution in [3.05, 3.63) is 29.8 Å². The summed E-state index contributed by atoms with van der Waals surface area (Å²) in [5.74, 6) is 0. The maximum absolute atomic E-state index is 5.72. The number of nitrogens with two attached hydrogens (primary N) is 1. The number of nitrogens with zero attached hydrogens (tertiary/aromatic N) is 1. The first-order valence-corrected chi connectivity index (χ1v) is 6.27. The van der Waals surface area contributed by atoms with E-state index in [-0.39, 0.29) is 12.2 Å². The Labute approximate surface area is 108 Å². The smallest absolute Gasteiger partial charge is 0.103 e. The van der Waals surface area contributed by atoms with Crippen LogP contribution in [-0.4, -0.2) is 30.3 Å². The van der Waals surface area contributed by atoms with E-state index >= 15 is 0 Å². The minimum absolute atomic E-state index is 0.272. The summed E-state index contributed by atoms with van der Waals surface area (Å²) in [5.41, 5.74) is 7.70. The van der Waals surface area contributed by atoms with E-state index in [0.29, 0.717) is 4.99 Å². The maximum Gasteiger partial charge on any atom is 0.103 e. The number of benzene rings is 1. The molecule has 0 spiro atoms. The molecule has 1 saturated heterocycles. The molecule has 2 rings (SSSR count). The summed E-state index contributed by atoms with van der Waals surface area (Å²) < 4.78 is 5.72. The predicted molar refractivity (Wildman–Crippen MR) is 74.6 cm³/mol. The number of thiocarbonyl (C=S) groups is 1. The van der Waals surface area contributed by atoms with Gasteiger partial charge in [-0.15, -0.1) is 0 Å². The second-order valence-electron chi connectivity index (χ2n) is 4.57. The number of anilines is 1. The van der Waals surface area contributed by atoms with Crippen molar-refractivity contribution in [2.24, 2.45) is 5.73 Å². The highest BCUT2D eigenvalue weighted by atomic mass is 32.1. The Kier molecular flexibility index (Phi) is 3.64. The summed E-state index contributed by atoms with van der Waals surface area (Å²) >= 11 is 4.94. The molecule has 1 aliphatic heterocycles. The Balaban J connectivity index is 2.14. The lowest BCUT2D eigenvalue weighted by atomic mass is 10.1. The largest absolute Gasteiger partial charge is 0.389 e. The van der Waals surface area contributed by atoms with Crippen molar-refractivity contribution in [1.29, 1.82) is 0 Å². The summed E-state index contributed by atoms with van der Waals surface area (Å²) in [6.07, 6.45) is 0.544. The van der Waals surface area contributed by atoms with Crippen molar-refractivity contribution in [3.63, 3.8) is 0 Å². The third-order valence-corrected chi connectivity index (χ3v) is 3.17. The number of rotatable bonds is 2. The van der Waals surface area contributed by atoms with Crippen molar-refractivity contribution in [2.75, 3.05) is 18.0 Å². The first-order valence-electron chi connectivity index (χ1n) is 5.86. The average Bonchev–Trinajstić information content (AvgIpc) is 2.28. The van der Waals surface area contributed by atoms with Gasteiger partial charge in [-0.3, -0.25) is 0 Å². The van der Waals surface area contributed by atoms with Crippen molar-refractivity contribution in [3.8, 4) is 0 Å². The summed E-state index contributed by atoms with van der Waals surface area (Å²) in [5, 5.41) is 0. The van der Waals surface area contributed by atoms with E-state index < -0.39 is 0 Å². The van der Waals surface area contributed by atoms with Gasteiger partial charge in [0.15, 0.2) is 0 Å².